The van der Waals surface area contributed by atoms with Gasteiger partial charge in [0.2, 0.25) is 21.8 Å². The molecule has 0 unspecified atom stereocenters. The minimum Gasteiger partial charge on any atom is -0.325 e. The third-order valence-electron chi connectivity index (χ3n) is 3.55. The van der Waals surface area contributed by atoms with Gasteiger partial charge in [-0.25, -0.2) is 13.6 Å². The number of anilines is 2. The maximum Gasteiger partial charge on any atom is 0.238 e. The van der Waals surface area contributed by atoms with Gasteiger partial charge in [-0.3, -0.25) is 9.59 Å². The molecule has 2 aromatic rings. The smallest absolute Gasteiger partial charge is 0.238 e. The number of primary sulfonamides is 1. The summed E-state index contributed by atoms with van der Waals surface area (Å²) in [5, 5.41) is 10.5. The number of hydrogen-bond acceptors (Lipinski definition) is 5. The van der Waals surface area contributed by atoms with E-state index < -0.39 is 10.0 Å². The molecule has 0 aliphatic heterocycles. The lowest BCUT2D eigenvalue weighted by atomic mass is 10.2. The minimum atomic E-state index is -3.86. The van der Waals surface area contributed by atoms with Crippen molar-refractivity contribution in [2.45, 2.75) is 18.7 Å². The van der Waals surface area contributed by atoms with Crippen LogP contribution >= 0.6 is 11.8 Å². The van der Waals surface area contributed by atoms with Gasteiger partial charge in [0.15, 0.2) is 0 Å². The van der Waals surface area contributed by atoms with Crippen LogP contribution in [0.4, 0.5) is 11.4 Å². The molecule has 0 radical (unpaired) electrons. The fraction of sp³-hybridized carbons (Fsp3) is 0.222. The number of rotatable bonds is 7. The van der Waals surface area contributed by atoms with Crippen molar-refractivity contribution >= 4 is 45.0 Å². The van der Waals surface area contributed by atoms with Crippen molar-refractivity contribution in [3.63, 3.8) is 0 Å². The zero-order chi connectivity index (χ0) is 20.0. The molecular weight excluding hydrogens is 386 g/mol. The predicted octanol–water partition coefficient (Wildman–Crippen LogP) is 2.26. The summed E-state index contributed by atoms with van der Waals surface area (Å²) in [6, 6.07) is 11.9. The van der Waals surface area contributed by atoms with Crippen LogP contribution in [0.5, 0.6) is 0 Å². The van der Waals surface area contributed by atoms with Crippen molar-refractivity contribution in [3.8, 4) is 0 Å². The second-order valence-electron chi connectivity index (χ2n) is 5.98. The Morgan fingerprint density at radius 3 is 2.11 bits per heavy atom. The molecule has 7 nitrogen and oxygen atoms in total. The summed E-state index contributed by atoms with van der Waals surface area (Å²) in [7, 11) is -3.86. The van der Waals surface area contributed by atoms with Gasteiger partial charge in [-0.1, -0.05) is 18.2 Å². The topological polar surface area (TPSA) is 118 Å². The number of nitrogens with two attached hydrogens (primary N) is 1. The summed E-state index contributed by atoms with van der Waals surface area (Å²) in [6.45, 7) is 3.55. The number of sulfonamides is 1. The maximum absolute atomic E-state index is 12.0. The minimum absolute atomic E-state index is 0.0366. The molecular formula is C18H21N3O4S2. The van der Waals surface area contributed by atoms with Crippen LogP contribution in [0.15, 0.2) is 47.4 Å². The molecule has 0 saturated carbocycles. The van der Waals surface area contributed by atoms with Gasteiger partial charge in [0.25, 0.3) is 0 Å². The average Bonchev–Trinajstić information content (AvgIpc) is 2.55. The molecule has 0 spiro atoms. The van der Waals surface area contributed by atoms with Crippen LogP contribution in [-0.4, -0.2) is 31.7 Å². The van der Waals surface area contributed by atoms with E-state index in [9.17, 15) is 18.0 Å². The normalized spacial score (nSPS) is 11.1. The fourth-order valence-corrected chi connectivity index (χ4v) is 3.76. The Hall–Kier alpha value is -2.36. The van der Waals surface area contributed by atoms with E-state index in [0.717, 1.165) is 17.3 Å². The van der Waals surface area contributed by atoms with Crippen LogP contribution in [0.1, 0.15) is 11.1 Å². The molecule has 27 heavy (non-hydrogen) atoms. The number of hydrogen-bond donors (Lipinski definition) is 3. The molecule has 0 heterocycles. The van der Waals surface area contributed by atoms with Crippen molar-refractivity contribution in [2.24, 2.45) is 5.14 Å². The molecule has 144 valence electrons. The molecule has 0 fully saturated rings. The van der Waals surface area contributed by atoms with E-state index in [2.05, 4.69) is 10.6 Å². The van der Waals surface area contributed by atoms with E-state index in [1.54, 1.807) is 25.1 Å². The van der Waals surface area contributed by atoms with Crippen molar-refractivity contribution in [2.75, 3.05) is 22.1 Å². The van der Waals surface area contributed by atoms with Crippen LogP contribution in [-0.2, 0) is 19.6 Å². The predicted molar refractivity (Wildman–Crippen MR) is 108 cm³/mol. The molecule has 2 aromatic carbocycles. The van der Waals surface area contributed by atoms with Crippen LogP contribution in [0.25, 0.3) is 0 Å². The first kappa shape index (κ1) is 20.9. The zero-order valence-electron chi connectivity index (χ0n) is 15.0. The summed E-state index contributed by atoms with van der Waals surface area (Å²) >= 11 is 1.16. The molecule has 0 saturated heterocycles. The number of carbonyl (C=O) groups excluding carboxylic acids is 2. The van der Waals surface area contributed by atoms with Gasteiger partial charge >= 0.3 is 0 Å². The molecule has 9 heteroatoms. The Morgan fingerprint density at radius 1 is 0.963 bits per heavy atom. The second-order valence-corrected chi connectivity index (χ2v) is 8.50. The van der Waals surface area contributed by atoms with Crippen LogP contribution in [0, 0.1) is 13.8 Å². The summed E-state index contributed by atoms with van der Waals surface area (Å²) in [6.07, 6.45) is 0. The number of nitrogens with one attached hydrogen (secondary N) is 2. The molecule has 0 aliphatic carbocycles. The molecule has 0 aliphatic rings. The Bertz CT molecular complexity index is 959. The van der Waals surface area contributed by atoms with E-state index in [0.29, 0.717) is 16.9 Å². The molecule has 2 rings (SSSR count). The number of thioether (sulfide) groups is 1. The third-order valence-corrected chi connectivity index (χ3v) is 5.53. The van der Waals surface area contributed by atoms with Crippen molar-refractivity contribution in [1.82, 2.24) is 0 Å². The van der Waals surface area contributed by atoms with E-state index in [1.807, 2.05) is 25.1 Å². The highest BCUT2D eigenvalue weighted by Crippen LogP contribution is 2.19. The lowest BCUT2D eigenvalue weighted by Gasteiger charge is -2.09. The Morgan fingerprint density at radius 2 is 1.56 bits per heavy atom. The third kappa shape index (κ3) is 6.70. The lowest BCUT2D eigenvalue weighted by Crippen LogP contribution is -2.19. The number of amides is 2. The van der Waals surface area contributed by atoms with Crippen LogP contribution in [0.3, 0.4) is 0 Å². The second kappa shape index (κ2) is 9.03. The molecule has 0 bridgehead atoms. The van der Waals surface area contributed by atoms with E-state index in [-0.39, 0.29) is 28.2 Å². The van der Waals surface area contributed by atoms with Crippen LogP contribution < -0.4 is 15.8 Å². The van der Waals surface area contributed by atoms with Crippen molar-refractivity contribution < 1.29 is 18.0 Å². The van der Waals surface area contributed by atoms with Crippen LogP contribution in [0.2, 0.25) is 0 Å². The van der Waals surface area contributed by atoms with E-state index >= 15 is 0 Å². The monoisotopic (exact) mass is 407 g/mol. The molecule has 0 aromatic heterocycles. The van der Waals surface area contributed by atoms with Gasteiger partial charge in [-0.2, -0.15) is 0 Å². The fourth-order valence-electron chi connectivity index (χ4n) is 2.34. The zero-order valence-corrected chi connectivity index (χ0v) is 16.6. The number of carbonyl (C=O) groups is 2. The first-order chi connectivity index (χ1) is 12.6. The van der Waals surface area contributed by atoms with Crippen molar-refractivity contribution in [3.05, 3.63) is 53.6 Å². The van der Waals surface area contributed by atoms with Gasteiger partial charge in [0, 0.05) is 11.4 Å². The number of aryl methyl sites for hydroxylation is 2. The highest BCUT2D eigenvalue weighted by atomic mass is 32.2. The first-order valence-electron chi connectivity index (χ1n) is 8.03. The van der Waals surface area contributed by atoms with Gasteiger partial charge in [0.05, 0.1) is 16.4 Å². The Labute approximate surface area is 162 Å². The average molecular weight is 408 g/mol. The van der Waals surface area contributed by atoms with Crippen molar-refractivity contribution in [1.29, 1.82) is 0 Å². The van der Waals surface area contributed by atoms with E-state index in [4.69, 9.17) is 5.14 Å². The maximum atomic E-state index is 12.0. The van der Waals surface area contributed by atoms with E-state index in [1.165, 1.54) is 6.07 Å². The van der Waals surface area contributed by atoms with Gasteiger partial charge in [-0.05, 0) is 49.2 Å². The Kier molecular flexibility index (Phi) is 7.00. The van der Waals surface area contributed by atoms with Gasteiger partial charge < -0.3 is 10.6 Å². The molecule has 4 N–H and O–H groups in total. The standard InChI is InChI=1S/C18H21N3O4S2/c1-12-4-3-5-14(8-12)20-17(22)10-26-11-18(23)21-15-7-6-13(2)16(9-15)27(19,24)25/h3-9H,10-11H2,1-2H3,(H,20,22)(H,21,23)(H2,19,24,25). The quantitative estimate of drug-likeness (QED) is 0.651. The highest BCUT2D eigenvalue weighted by molar-refractivity contribution is 8.00. The lowest BCUT2D eigenvalue weighted by molar-refractivity contribution is -0.114. The largest absolute Gasteiger partial charge is 0.325 e. The highest BCUT2D eigenvalue weighted by Gasteiger charge is 2.13. The molecule has 0 atom stereocenters. The summed E-state index contributed by atoms with van der Waals surface area (Å²) in [5.74, 6) is -0.366. The summed E-state index contributed by atoms with van der Waals surface area (Å²) in [5.41, 5.74) is 2.58. The Balaban J connectivity index is 1.83. The molecule has 2 amide bonds. The SMILES string of the molecule is Cc1cccc(NC(=O)CSCC(=O)Nc2ccc(C)c(S(N)(=O)=O)c2)c1. The summed E-state index contributed by atoms with van der Waals surface area (Å²) in [4.78, 5) is 23.9. The van der Waals surface area contributed by atoms with Gasteiger partial charge in [0.1, 0.15) is 0 Å². The number of benzene rings is 2. The summed E-state index contributed by atoms with van der Waals surface area (Å²) < 4.78 is 23.1. The first-order valence-corrected chi connectivity index (χ1v) is 10.7. The van der Waals surface area contributed by atoms with Gasteiger partial charge in [-0.15, -0.1) is 11.8 Å².